The predicted molar refractivity (Wildman–Crippen MR) is 83.1 cm³/mol. The van der Waals surface area contributed by atoms with Gasteiger partial charge in [0, 0.05) is 18.7 Å². The van der Waals surface area contributed by atoms with Crippen LogP contribution in [-0.4, -0.2) is 30.9 Å². The second kappa shape index (κ2) is 6.69. The predicted octanol–water partition coefficient (Wildman–Crippen LogP) is 2.86. The number of aryl methyl sites for hydroxylation is 1. The molecule has 0 bridgehead atoms. The molecule has 1 aromatic carbocycles. The molecule has 3 nitrogen and oxygen atoms in total. The lowest BCUT2D eigenvalue weighted by molar-refractivity contribution is 0.667. The number of hydrogen-bond donors (Lipinski definition) is 2. The van der Waals surface area contributed by atoms with E-state index in [4.69, 9.17) is 11.1 Å². The maximum absolute atomic E-state index is 7.69. The average molecular weight is 265 g/mol. The standard InChI is InChI=1S/C14H23N3S/c1-10-6-5-7-12(14(15)16)13(10)17(3)11(2)8-9-18-4/h5-7,11H,8-9H2,1-4H3,(H3,15,16). The molecule has 0 aliphatic heterocycles. The van der Waals surface area contributed by atoms with Gasteiger partial charge >= 0.3 is 0 Å². The number of thioether (sulfide) groups is 1. The largest absolute Gasteiger partial charge is 0.384 e. The summed E-state index contributed by atoms with van der Waals surface area (Å²) in [5.41, 5.74) is 8.75. The van der Waals surface area contributed by atoms with E-state index in [0.29, 0.717) is 6.04 Å². The highest BCUT2D eigenvalue weighted by molar-refractivity contribution is 7.98. The summed E-state index contributed by atoms with van der Waals surface area (Å²) < 4.78 is 0. The van der Waals surface area contributed by atoms with Crippen LogP contribution >= 0.6 is 11.8 Å². The highest BCUT2D eigenvalue weighted by Crippen LogP contribution is 2.26. The Labute approximate surface area is 114 Å². The van der Waals surface area contributed by atoms with Crippen molar-refractivity contribution in [3.05, 3.63) is 29.3 Å². The van der Waals surface area contributed by atoms with E-state index in [1.165, 1.54) is 5.56 Å². The first-order valence-electron chi connectivity index (χ1n) is 6.14. The number of nitrogen functional groups attached to an aromatic ring is 1. The van der Waals surface area contributed by atoms with Gasteiger partial charge in [0.1, 0.15) is 5.84 Å². The molecule has 0 fully saturated rings. The van der Waals surface area contributed by atoms with Gasteiger partial charge in [0.25, 0.3) is 0 Å². The molecule has 4 heteroatoms. The molecule has 1 rings (SSSR count). The monoisotopic (exact) mass is 265 g/mol. The highest BCUT2D eigenvalue weighted by atomic mass is 32.2. The lowest BCUT2D eigenvalue weighted by Gasteiger charge is -2.30. The van der Waals surface area contributed by atoms with Crippen LogP contribution in [0.25, 0.3) is 0 Å². The summed E-state index contributed by atoms with van der Waals surface area (Å²) in [5, 5.41) is 7.69. The summed E-state index contributed by atoms with van der Waals surface area (Å²) in [6, 6.07) is 6.38. The van der Waals surface area contributed by atoms with Crippen LogP contribution in [0.5, 0.6) is 0 Å². The number of nitrogens with two attached hydrogens (primary N) is 1. The van der Waals surface area contributed by atoms with Gasteiger partial charge in [0.2, 0.25) is 0 Å². The summed E-state index contributed by atoms with van der Waals surface area (Å²) in [4.78, 5) is 2.24. The Hall–Kier alpha value is -1.16. The number of para-hydroxylation sites is 1. The molecule has 100 valence electrons. The van der Waals surface area contributed by atoms with E-state index >= 15 is 0 Å². The molecule has 0 heterocycles. The van der Waals surface area contributed by atoms with Crippen LogP contribution in [0.3, 0.4) is 0 Å². The molecule has 18 heavy (non-hydrogen) atoms. The van der Waals surface area contributed by atoms with Gasteiger partial charge in [0.05, 0.1) is 5.69 Å². The molecule has 3 N–H and O–H groups in total. The molecule has 1 atom stereocenters. The zero-order valence-corrected chi connectivity index (χ0v) is 12.5. The Morgan fingerprint density at radius 3 is 2.72 bits per heavy atom. The molecule has 0 aliphatic rings. The molecule has 0 aromatic heterocycles. The van der Waals surface area contributed by atoms with Crippen molar-refractivity contribution in [1.29, 1.82) is 5.41 Å². The summed E-state index contributed by atoms with van der Waals surface area (Å²) in [6.45, 7) is 4.28. The molecule has 0 aliphatic carbocycles. The van der Waals surface area contributed by atoms with Crippen LogP contribution in [0.2, 0.25) is 0 Å². The zero-order chi connectivity index (χ0) is 13.7. The van der Waals surface area contributed by atoms with Crippen molar-refractivity contribution in [3.63, 3.8) is 0 Å². The van der Waals surface area contributed by atoms with Crippen molar-refractivity contribution >= 4 is 23.3 Å². The second-order valence-electron chi connectivity index (χ2n) is 4.63. The maximum Gasteiger partial charge on any atom is 0.124 e. The smallest absolute Gasteiger partial charge is 0.124 e. The highest BCUT2D eigenvalue weighted by Gasteiger charge is 2.16. The SMILES string of the molecule is CSCCC(C)N(C)c1c(C)cccc1C(=N)N. The second-order valence-corrected chi connectivity index (χ2v) is 5.61. The number of benzene rings is 1. The number of amidine groups is 1. The fraction of sp³-hybridized carbons (Fsp3) is 0.500. The Morgan fingerprint density at radius 1 is 1.50 bits per heavy atom. The Morgan fingerprint density at radius 2 is 2.17 bits per heavy atom. The molecular weight excluding hydrogens is 242 g/mol. The fourth-order valence-corrected chi connectivity index (χ4v) is 2.62. The third-order valence-corrected chi connectivity index (χ3v) is 3.93. The van der Waals surface area contributed by atoms with Crippen molar-refractivity contribution in [2.24, 2.45) is 5.73 Å². The van der Waals surface area contributed by atoms with Gasteiger partial charge in [-0.25, -0.2) is 0 Å². The Bertz CT molecular complexity index is 418. The van der Waals surface area contributed by atoms with Crippen molar-refractivity contribution in [2.75, 3.05) is 24.0 Å². The van der Waals surface area contributed by atoms with E-state index in [2.05, 4.69) is 38.1 Å². The minimum atomic E-state index is 0.137. The van der Waals surface area contributed by atoms with Crippen LogP contribution < -0.4 is 10.6 Å². The van der Waals surface area contributed by atoms with Gasteiger partial charge in [-0.1, -0.05) is 12.1 Å². The molecule has 0 amide bonds. The van der Waals surface area contributed by atoms with Crippen LogP contribution in [0.4, 0.5) is 5.69 Å². The lowest BCUT2D eigenvalue weighted by Crippen LogP contribution is -2.32. The van der Waals surface area contributed by atoms with Crippen molar-refractivity contribution in [2.45, 2.75) is 26.3 Å². The van der Waals surface area contributed by atoms with Crippen LogP contribution in [0.1, 0.15) is 24.5 Å². The number of hydrogen-bond acceptors (Lipinski definition) is 3. The van der Waals surface area contributed by atoms with Gasteiger partial charge in [-0.3, -0.25) is 5.41 Å². The van der Waals surface area contributed by atoms with Crippen molar-refractivity contribution in [3.8, 4) is 0 Å². The summed E-state index contributed by atoms with van der Waals surface area (Å²) >= 11 is 1.86. The number of nitrogens with zero attached hydrogens (tertiary/aromatic N) is 1. The molecule has 0 radical (unpaired) electrons. The minimum absolute atomic E-state index is 0.137. The molecular formula is C14H23N3S. The first-order chi connectivity index (χ1) is 8.49. The molecule has 1 unspecified atom stereocenters. The third kappa shape index (κ3) is 3.42. The number of anilines is 1. The minimum Gasteiger partial charge on any atom is -0.384 e. The number of rotatable bonds is 6. The van der Waals surface area contributed by atoms with E-state index in [1.807, 2.05) is 23.9 Å². The van der Waals surface area contributed by atoms with E-state index in [-0.39, 0.29) is 5.84 Å². The zero-order valence-electron chi connectivity index (χ0n) is 11.7. The van der Waals surface area contributed by atoms with Crippen LogP contribution in [-0.2, 0) is 0 Å². The van der Waals surface area contributed by atoms with Crippen LogP contribution in [0, 0.1) is 12.3 Å². The van der Waals surface area contributed by atoms with Crippen molar-refractivity contribution in [1.82, 2.24) is 0 Å². The molecule has 1 aromatic rings. The number of nitrogens with one attached hydrogen (secondary N) is 1. The normalized spacial score (nSPS) is 12.2. The summed E-state index contributed by atoms with van der Waals surface area (Å²) in [6.07, 6.45) is 3.25. The fourth-order valence-electron chi connectivity index (χ4n) is 2.05. The van der Waals surface area contributed by atoms with Crippen LogP contribution in [0.15, 0.2) is 18.2 Å². The Kier molecular flexibility index (Phi) is 5.54. The first kappa shape index (κ1) is 14.9. The van der Waals surface area contributed by atoms with E-state index in [9.17, 15) is 0 Å². The third-order valence-electron chi connectivity index (χ3n) is 3.28. The van der Waals surface area contributed by atoms with Gasteiger partial charge in [-0.05, 0) is 43.9 Å². The van der Waals surface area contributed by atoms with E-state index in [0.717, 1.165) is 23.4 Å². The molecule has 0 saturated carbocycles. The summed E-state index contributed by atoms with van der Waals surface area (Å²) in [7, 11) is 2.08. The average Bonchev–Trinajstić information content (AvgIpc) is 2.34. The van der Waals surface area contributed by atoms with Gasteiger partial charge in [-0.15, -0.1) is 0 Å². The van der Waals surface area contributed by atoms with E-state index in [1.54, 1.807) is 0 Å². The van der Waals surface area contributed by atoms with E-state index < -0.39 is 0 Å². The van der Waals surface area contributed by atoms with Gasteiger partial charge in [-0.2, -0.15) is 11.8 Å². The van der Waals surface area contributed by atoms with Crippen molar-refractivity contribution < 1.29 is 0 Å². The van der Waals surface area contributed by atoms with Gasteiger partial charge in [0.15, 0.2) is 0 Å². The molecule has 0 spiro atoms. The summed E-state index contributed by atoms with van der Waals surface area (Å²) in [5.74, 6) is 1.28. The quantitative estimate of drug-likeness (QED) is 0.614. The van der Waals surface area contributed by atoms with Gasteiger partial charge < -0.3 is 10.6 Å². The first-order valence-corrected chi connectivity index (χ1v) is 7.54. The Balaban J connectivity index is 3.03. The lowest BCUT2D eigenvalue weighted by atomic mass is 10.0. The topological polar surface area (TPSA) is 53.1 Å². The molecule has 0 saturated heterocycles. The maximum atomic E-state index is 7.69.